The Kier molecular flexibility index (Phi) is 3.55. The van der Waals surface area contributed by atoms with Gasteiger partial charge in [0.15, 0.2) is 9.84 Å². The monoisotopic (exact) mass is 328 g/mol. The lowest BCUT2D eigenvalue weighted by molar-refractivity contribution is 0.121. The van der Waals surface area contributed by atoms with Crippen molar-refractivity contribution in [3.05, 3.63) is 0 Å². The molecule has 3 atom stereocenters. The largest absolute Gasteiger partial charge is 0.324 e. The third-order valence-electron chi connectivity index (χ3n) is 5.72. The van der Waals surface area contributed by atoms with Crippen molar-refractivity contribution in [1.82, 2.24) is 9.80 Å². The Labute approximate surface area is 134 Å². The molecule has 1 saturated carbocycles. The van der Waals surface area contributed by atoms with E-state index < -0.39 is 9.84 Å². The summed E-state index contributed by atoms with van der Waals surface area (Å²) in [6, 6.07) is 0.175. The van der Waals surface area contributed by atoms with Crippen molar-refractivity contribution in [3.8, 4) is 0 Å². The molecule has 0 radical (unpaired) electrons. The quantitative estimate of drug-likeness (QED) is 0.741. The molecule has 22 heavy (non-hydrogen) atoms. The first-order valence-electron chi connectivity index (χ1n) is 8.24. The van der Waals surface area contributed by atoms with E-state index in [1.807, 2.05) is 4.90 Å². The minimum atomic E-state index is -2.96. The minimum Gasteiger partial charge on any atom is -0.324 e. The van der Waals surface area contributed by atoms with Gasteiger partial charge in [-0.1, -0.05) is 20.8 Å². The van der Waals surface area contributed by atoms with E-state index in [0.29, 0.717) is 12.5 Å². The fourth-order valence-corrected chi connectivity index (χ4v) is 6.90. The Morgan fingerprint density at radius 1 is 1.23 bits per heavy atom. The molecule has 0 aromatic rings. The van der Waals surface area contributed by atoms with Gasteiger partial charge in [-0.3, -0.25) is 0 Å². The van der Waals surface area contributed by atoms with Crippen LogP contribution in [0.15, 0.2) is 0 Å². The van der Waals surface area contributed by atoms with Crippen molar-refractivity contribution in [2.24, 2.45) is 10.8 Å². The van der Waals surface area contributed by atoms with Gasteiger partial charge in [0, 0.05) is 25.7 Å². The van der Waals surface area contributed by atoms with Crippen molar-refractivity contribution in [3.63, 3.8) is 0 Å². The number of hydrogen-bond acceptors (Lipinski definition) is 3. The lowest BCUT2D eigenvalue weighted by Crippen LogP contribution is -2.48. The number of likely N-dealkylation sites (tertiary alicyclic amines) is 1. The van der Waals surface area contributed by atoms with E-state index in [2.05, 4.69) is 20.8 Å². The van der Waals surface area contributed by atoms with Crippen LogP contribution in [0.3, 0.4) is 0 Å². The molecule has 5 nitrogen and oxygen atoms in total. The molecule has 0 spiro atoms. The number of fused-ring (bicyclic) bond motifs is 2. The maximum absolute atomic E-state index is 12.9. The summed E-state index contributed by atoms with van der Waals surface area (Å²) in [5.74, 6) is 0.333. The number of hydrogen-bond donors (Lipinski definition) is 0. The molecule has 6 heteroatoms. The topological polar surface area (TPSA) is 57.7 Å². The number of amides is 2. The Morgan fingerprint density at radius 3 is 2.50 bits per heavy atom. The number of carbonyl (C=O) groups is 1. The highest BCUT2D eigenvalue weighted by Crippen LogP contribution is 2.52. The van der Waals surface area contributed by atoms with Gasteiger partial charge in [0.25, 0.3) is 0 Å². The Bertz CT molecular complexity index is 586. The number of carbonyl (C=O) groups excluding carboxylic acids is 1. The van der Waals surface area contributed by atoms with Gasteiger partial charge in [0.2, 0.25) is 0 Å². The van der Waals surface area contributed by atoms with Gasteiger partial charge in [-0.25, -0.2) is 13.2 Å². The molecule has 0 aromatic carbocycles. The maximum Gasteiger partial charge on any atom is 0.320 e. The van der Waals surface area contributed by atoms with Crippen LogP contribution in [-0.2, 0) is 9.84 Å². The van der Waals surface area contributed by atoms with Gasteiger partial charge in [0.1, 0.15) is 0 Å². The standard InChI is InChI=1S/C16H28N2O3S/c1-15(2)7-13-8-16(3,10-15)11-18(13)14(19)17(4)12-5-6-22(20,21)9-12/h12-13H,5-11H2,1-4H3. The number of urea groups is 1. The van der Waals surface area contributed by atoms with E-state index in [1.165, 1.54) is 0 Å². The third kappa shape index (κ3) is 2.86. The smallest absolute Gasteiger partial charge is 0.320 e. The zero-order valence-corrected chi connectivity index (χ0v) is 14.9. The summed E-state index contributed by atoms with van der Waals surface area (Å²) in [6.45, 7) is 7.68. The SMILES string of the molecule is CN(C(=O)N1CC2(C)CC1CC(C)(C)C2)C1CCS(=O)(=O)C1. The molecule has 0 N–H and O–H groups in total. The van der Waals surface area contributed by atoms with Gasteiger partial charge in [-0.05, 0) is 36.5 Å². The van der Waals surface area contributed by atoms with E-state index in [-0.39, 0.29) is 34.4 Å². The van der Waals surface area contributed by atoms with Crippen LogP contribution in [0.2, 0.25) is 0 Å². The van der Waals surface area contributed by atoms with Crippen LogP contribution in [0.4, 0.5) is 4.79 Å². The van der Waals surface area contributed by atoms with Gasteiger partial charge in [-0.2, -0.15) is 0 Å². The fourth-order valence-electron chi connectivity index (χ4n) is 5.12. The molecule has 2 heterocycles. The Hall–Kier alpha value is -0.780. The number of sulfone groups is 1. The summed E-state index contributed by atoms with van der Waals surface area (Å²) >= 11 is 0. The molecule has 1 aliphatic carbocycles. The predicted molar refractivity (Wildman–Crippen MR) is 86.5 cm³/mol. The first-order chi connectivity index (χ1) is 10.0. The van der Waals surface area contributed by atoms with Gasteiger partial charge >= 0.3 is 6.03 Å². The Morgan fingerprint density at radius 2 is 1.91 bits per heavy atom. The summed E-state index contributed by atoms with van der Waals surface area (Å²) in [6.07, 6.45) is 3.86. The molecule has 2 aliphatic heterocycles. The summed E-state index contributed by atoms with van der Waals surface area (Å²) in [4.78, 5) is 16.6. The van der Waals surface area contributed by atoms with E-state index in [4.69, 9.17) is 0 Å². The van der Waals surface area contributed by atoms with Crippen molar-refractivity contribution in [2.45, 2.75) is 58.5 Å². The second kappa shape index (κ2) is 4.86. The van der Waals surface area contributed by atoms with Crippen molar-refractivity contribution >= 4 is 15.9 Å². The molecule has 3 rings (SSSR count). The average molecular weight is 328 g/mol. The fraction of sp³-hybridized carbons (Fsp3) is 0.938. The first kappa shape index (κ1) is 16.1. The second-order valence-electron chi connectivity index (χ2n) is 8.79. The van der Waals surface area contributed by atoms with Crippen LogP contribution in [0, 0.1) is 10.8 Å². The molecular weight excluding hydrogens is 300 g/mol. The average Bonchev–Trinajstić information content (AvgIpc) is 2.83. The van der Waals surface area contributed by atoms with Crippen molar-refractivity contribution in [1.29, 1.82) is 0 Å². The Balaban J connectivity index is 1.73. The normalized spacial score (nSPS) is 39.0. The number of rotatable bonds is 1. The van der Waals surface area contributed by atoms with Crippen molar-refractivity contribution in [2.75, 3.05) is 25.1 Å². The van der Waals surface area contributed by atoms with Crippen LogP contribution in [0.25, 0.3) is 0 Å². The molecule has 0 aromatic heterocycles. The third-order valence-corrected chi connectivity index (χ3v) is 7.47. The van der Waals surface area contributed by atoms with Crippen LogP contribution >= 0.6 is 0 Å². The van der Waals surface area contributed by atoms with Crippen LogP contribution in [-0.4, -0.2) is 61.4 Å². The molecule has 3 fully saturated rings. The highest BCUT2D eigenvalue weighted by atomic mass is 32.2. The van der Waals surface area contributed by atoms with Gasteiger partial charge in [-0.15, -0.1) is 0 Å². The minimum absolute atomic E-state index is 0.0218. The first-order valence-corrected chi connectivity index (χ1v) is 10.1. The molecule has 3 unspecified atom stereocenters. The highest BCUT2D eigenvalue weighted by Gasteiger charge is 2.52. The van der Waals surface area contributed by atoms with E-state index in [1.54, 1.807) is 11.9 Å². The number of nitrogens with zero attached hydrogens (tertiary/aromatic N) is 2. The summed E-state index contributed by atoms with van der Waals surface area (Å²) < 4.78 is 23.3. The van der Waals surface area contributed by atoms with Crippen LogP contribution in [0.5, 0.6) is 0 Å². The van der Waals surface area contributed by atoms with E-state index in [9.17, 15) is 13.2 Å². The van der Waals surface area contributed by atoms with E-state index in [0.717, 1.165) is 25.8 Å². The van der Waals surface area contributed by atoms with Gasteiger partial charge < -0.3 is 9.80 Å². The lowest BCUT2D eigenvalue weighted by atomic mass is 9.65. The summed E-state index contributed by atoms with van der Waals surface area (Å²) in [5.41, 5.74) is 0.493. The zero-order valence-electron chi connectivity index (χ0n) is 14.1. The van der Waals surface area contributed by atoms with Gasteiger partial charge in [0.05, 0.1) is 11.5 Å². The molecule has 2 saturated heterocycles. The zero-order chi connectivity index (χ0) is 16.3. The molecule has 3 aliphatic rings. The van der Waals surface area contributed by atoms with E-state index >= 15 is 0 Å². The van der Waals surface area contributed by atoms with Crippen LogP contribution < -0.4 is 0 Å². The van der Waals surface area contributed by atoms with Crippen molar-refractivity contribution < 1.29 is 13.2 Å². The molecule has 2 bridgehead atoms. The second-order valence-corrected chi connectivity index (χ2v) is 11.0. The summed E-state index contributed by atoms with van der Waals surface area (Å²) in [7, 11) is -1.19. The molecular formula is C16H28N2O3S. The predicted octanol–water partition coefficient (Wildman–Crippen LogP) is 2.13. The maximum atomic E-state index is 12.9. The molecule has 2 amide bonds. The lowest BCUT2D eigenvalue weighted by Gasteiger charge is -2.39. The summed E-state index contributed by atoms with van der Waals surface area (Å²) in [5, 5.41) is 0. The van der Waals surface area contributed by atoms with Crippen LogP contribution in [0.1, 0.15) is 46.5 Å². The molecule has 126 valence electrons. The highest BCUT2D eigenvalue weighted by molar-refractivity contribution is 7.91.